The number of para-hydroxylation sites is 2. The summed E-state index contributed by atoms with van der Waals surface area (Å²) in [6, 6.07) is 23.7. The van der Waals surface area contributed by atoms with E-state index in [1.165, 1.54) is 0 Å². The molecule has 5 heteroatoms. The van der Waals surface area contributed by atoms with Crippen molar-refractivity contribution in [2.75, 3.05) is 26.4 Å². The van der Waals surface area contributed by atoms with Crippen molar-refractivity contribution in [3.05, 3.63) is 83.9 Å². The van der Waals surface area contributed by atoms with Crippen LogP contribution in [0.2, 0.25) is 0 Å². The molecule has 1 atom stereocenters. The molecule has 28 heavy (non-hydrogen) atoms. The maximum absolute atomic E-state index is 5.83. The average Bonchev–Trinajstić information content (AvgIpc) is 2.78. The second kappa shape index (κ2) is 7.74. The number of rotatable bonds is 5. The quantitative estimate of drug-likeness (QED) is 0.634. The number of hydroxylamine groups is 1. The van der Waals surface area contributed by atoms with Crippen molar-refractivity contribution in [2.45, 2.75) is 6.04 Å². The smallest absolute Gasteiger partial charge is 0.124 e. The molecule has 4 rings (SSSR count). The molecular formula is C23H22N2O3. The first-order chi connectivity index (χ1) is 13.7. The third-order valence-corrected chi connectivity index (χ3v) is 4.87. The van der Waals surface area contributed by atoms with Gasteiger partial charge in [0.05, 0.1) is 38.4 Å². The van der Waals surface area contributed by atoms with E-state index in [-0.39, 0.29) is 6.04 Å². The molecule has 5 nitrogen and oxygen atoms in total. The van der Waals surface area contributed by atoms with Crippen molar-refractivity contribution in [2.24, 2.45) is 4.99 Å². The minimum absolute atomic E-state index is 0.195. The van der Waals surface area contributed by atoms with E-state index < -0.39 is 0 Å². The van der Waals surface area contributed by atoms with Crippen LogP contribution in [0.25, 0.3) is 0 Å². The molecule has 0 radical (unpaired) electrons. The Morgan fingerprint density at radius 1 is 0.750 bits per heavy atom. The molecule has 0 fully saturated rings. The lowest BCUT2D eigenvalue weighted by atomic mass is 9.93. The zero-order valence-corrected chi connectivity index (χ0v) is 16.1. The lowest BCUT2D eigenvalue weighted by molar-refractivity contribution is 0.155. The van der Waals surface area contributed by atoms with E-state index in [2.05, 4.69) is 0 Å². The number of anilines is 1. The maximum Gasteiger partial charge on any atom is 0.124 e. The summed E-state index contributed by atoms with van der Waals surface area (Å²) in [6.45, 7) is 0. The van der Waals surface area contributed by atoms with Gasteiger partial charge in [-0.25, -0.2) is 10.1 Å². The van der Waals surface area contributed by atoms with Gasteiger partial charge in [0.1, 0.15) is 17.5 Å². The minimum Gasteiger partial charge on any atom is -0.497 e. The van der Waals surface area contributed by atoms with Crippen molar-refractivity contribution in [3.63, 3.8) is 0 Å². The molecular weight excluding hydrogens is 352 g/mol. The van der Waals surface area contributed by atoms with E-state index in [4.69, 9.17) is 19.3 Å². The number of nitrogens with zero attached hydrogens (tertiary/aromatic N) is 2. The van der Waals surface area contributed by atoms with Gasteiger partial charge in [-0.15, -0.1) is 0 Å². The number of aliphatic imine (C=N–C) groups is 1. The van der Waals surface area contributed by atoms with Gasteiger partial charge < -0.3 is 9.47 Å². The largest absolute Gasteiger partial charge is 0.497 e. The SMILES string of the molecule is COc1ccc(C2=Nc3ccccc3N(OC)C2c2ccc(OC)cc2)cc1. The first kappa shape index (κ1) is 18.1. The van der Waals surface area contributed by atoms with Gasteiger partial charge in [0.15, 0.2) is 0 Å². The fourth-order valence-corrected chi connectivity index (χ4v) is 3.45. The second-order valence-electron chi connectivity index (χ2n) is 6.40. The Hall–Kier alpha value is -3.31. The van der Waals surface area contributed by atoms with Crippen LogP contribution in [0.15, 0.2) is 77.8 Å². The van der Waals surface area contributed by atoms with E-state index in [0.29, 0.717) is 0 Å². The van der Waals surface area contributed by atoms with E-state index >= 15 is 0 Å². The summed E-state index contributed by atoms with van der Waals surface area (Å²) in [6.07, 6.45) is 0. The van der Waals surface area contributed by atoms with Gasteiger partial charge in [-0.3, -0.25) is 4.84 Å². The topological polar surface area (TPSA) is 43.3 Å². The monoisotopic (exact) mass is 374 g/mol. The van der Waals surface area contributed by atoms with Crippen molar-refractivity contribution in [3.8, 4) is 11.5 Å². The molecule has 0 aromatic heterocycles. The van der Waals surface area contributed by atoms with Crippen LogP contribution < -0.4 is 14.5 Å². The van der Waals surface area contributed by atoms with Crippen molar-refractivity contribution in [1.29, 1.82) is 0 Å². The lowest BCUT2D eigenvalue weighted by Gasteiger charge is -2.36. The lowest BCUT2D eigenvalue weighted by Crippen LogP contribution is -2.36. The van der Waals surface area contributed by atoms with Crippen LogP contribution in [-0.2, 0) is 4.84 Å². The fourth-order valence-electron chi connectivity index (χ4n) is 3.45. The molecule has 0 N–H and O–H groups in total. The summed E-state index contributed by atoms with van der Waals surface area (Å²) in [7, 11) is 5.01. The minimum atomic E-state index is -0.195. The molecule has 1 aliphatic heterocycles. The van der Waals surface area contributed by atoms with E-state index in [1.807, 2.05) is 77.9 Å². The highest BCUT2D eigenvalue weighted by atomic mass is 16.7. The normalized spacial score (nSPS) is 15.6. The summed E-state index contributed by atoms with van der Waals surface area (Å²) in [5.41, 5.74) is 4.79. The van der Waals surface area contributed by atoms with Crippen molar-refractivity contribution >= 4 is 17.1 Å². The van der Waals surface area contributed by atoms with Gasteiger partial charge in [0.2, 0.25) is 0 Å². The van der Waals surface area contributed by atoms with Gasteiger partial charge in [-0.1, -0.05) is 24.3 Å². The Balaban J connectivity index is 1.87. The number of fused-ring (bicyclic) bond motifs is 1. The predicted octanol–water partition coefficient (Wildman–Crippen LogP) is 4.95. The summed E-state index contributed by atoms with van der Waals surface area (Å²) < 4.78 is 10.6. The molecule has 3 aromatic rings. The highest BCUT2D eigenvalue weighted by molar-refractivity contribution is 6.10. The molecule has 1 aliphatic rings. The summed E-state index contributed by atoms with van der Waals surface area (Å²) in [5, 5.41) is 1.91. The Kier molecular flexibility index (Phi) is 5.00. The molecule has 0 amide bonds. The van der Waals surface area contributed by atoms with Crippen LogP contribution in [0.3, 0.4) is 0 Å². The Bertz CT molecular complexity index is 981. The number of hydrogen-bond acceptors (Lipinski definition) is 5. The molecule has 0 saturated carbocycles. The van der Waals surface area contributed by atoms with Crippen LogP contribution >= 0.6 is 0 Å². The molecule has 0 aliphatic carbocycles. The highest BCUT2D eigenvalue weighted by Crippen LogP contribution is 2.42. The molecule has 0 spiro atoms. The standard InChI is InChI=1S/C23H22N2O3/c1-26-18-12-8-16(9-13-18)22-23(17-10-14-19(27-2)15-11-17)25(28-3)21-7-5-4-6-20(21)24-22/h4-15,23H,1-3H3. The van der Waals surface area contributed by atoms with Crippen molar-refractivity contribution < 1.29 is 14.3 Å². The van der Waals surface area contributed by atoms with Gasteiger partial charge >= 0.3 is 0 Å². The number of hydrogen-bond donors (Lipinski definition) is 0. The van der Waals surface area contributed by atoms with Crippen LogP contribution in [-0.4, -0.2) is 27.0 Å². The molecule has 142 valence electrons. The van der Waals surface area contributed by atoms with E-state index in [9.17, 15) is 0 Å². The predicted molar refractivity (Wildman–Crippen MR) is 111 cm³/mol. The molecule has 1 unspecified atom stereocenters. The Morgan fingerprint density at radius 3 is 1.96 bits per heavy atom. The Morgan fingerprint density at radius 2 is 1.36 bits per heavy atom. The highest BCUT2D eigenvalue weighted by Gasteiger charge is 2.33. The zero-order valence-electron chi connectivity index (χ0n) is 16.1. The summed E-state index contributed by atoms with van der Waals surface area (Å²) in [5.74, 6) is 1.62. The maximum atomic E-state index is 5.83. The third kappa shape index (κ3) is 3.21. The molecule has 0 saturated heterocycles. The summed E-state index contributed by atoms with van der Waals surface area (Å²) >= 11 is 0. The number of benzene rings is 3. The molecule has 1 heterocycles. The van der Waals surface area contributed by atoms with Gasteiger partial charge in [0.25, 0.3) is 0 Å². The van der Waals surface area contributed by atoms with Crippen molar-refractivity contribution in [1.82, 2.24) is 0 Å². The first-order valence-electron chi connectivity index (χ1n) is 9.04. The van der Waals surface area contributed by atoms with E-state index in [0.717, 1.165) is 39.7 Å². The summed E-state index contributed by atoms with van der Waals surface area (Å²) in [4.78, 5) is 10.8. The van der Waals surface area contributed by atoms with Crippen LogP contribution in [0, 0.1) is 0 Å². The second-order valence-corrected chi connectivity index (χ2v) is 6.40. The fraction of sp³-hybridized carbons (Fsp3) is 0.174. The van der Waals surface area contributed by atoms with Gasteiger partial charge in [0, 0.05) is 0 Å². The van der Waals surface area contributed by atoms with E-state index in [1.54, 1.807) is 21.3 Å². The van der Waals surface area contributed by atoms with Gasteiger partial charge in [-0.2, -0.15) is 0 Å². The zero-order chi connectivity index (χ0) is 19.5. The number of methoxy groups -OCH3 is 2. The van der Waals surface area contributed by atoms with Crippen LogP contribution in [0.5, 0.6) is 11.5 Å². The average molecular weight is 374 g/mol. The van der Waals surface area contributed by atoms with Crippen LogP contribution in [0.1, 0.15) is 17.2 Å². The van der Waals surface area contributed by atoms with Gasteiger partial charge in [-0.05, 0) is 59.7 Å². The first-order valence-corrected chi connectivity index (χ1v) is 9.04. The third-order valence-electron chi connectivity index (χ3n) is 4.87. The molecule has 0 bridgehead atoms. The molecule has 3 aromatic carbocycles. The van der Waals surface area contributed by atoms with Crippen LogP contribution in [0.4, 0.5) is 11.4 Å². The number of ether oxygens (including phenoxy) is 2. The Labute approximate surface area is 164 Å².